The summed E-state index contributed by atoms with van der Waals surface area (Å²) in [4.78, 5) is 0. The summed E-state index contributed by atoms with van der Waals surface area (Å²) in [5.74, 6) is 1.65. The van der Waals surface area contributed by atoms with Gasteiger partial charge in [-0.3, -0.25) is 0 Å². The van der Waals surface area contributed by atoms with E-state index in [0.717, 1.165) is 38.0 Å². The normalized spacial score (nSPS) is 10.5. The molecule has 112 valence electrons. The Morgan fingerprint density at radius 3 is 2.62 bits per heavy atom. The summed E-state index contributed by atoms with van der Waals surface area (Å²) in [5, 5.41) is 0. The smallest absolute Gasteiger partial charge is 0.137 e. The first-order valence-electron chi connectivity index (χ1n) is 6.58. The van der Waals surface area contributed by atoms with Gasteiger partial charge in [0.2, 0.25) is 0 Å². The summed E-state index contributed by atoms with van der Waals surface area (Å²) in [7, 11) is 1.66. The summed E-state index contributed by atoms with van der Waals surface area (Å²) in [6.07, 6.45) is 0.782. The summed E-state index contributed by atoms with van der Waals surface area (Å²) in [6, 6.07) is 11.8. The van der Waals surface area contributed by atoms with E-state index < -0.39 is 0 Å². The van der Waals surface area contributed by atoms with E-state index in [0.29, 0.717) is 13.2 Å². The third-order valence-corrected chi connectivity index (χ3v) is 4.19. The molecule has 0 saturated heterocycles. The summed E-state index contributed by atoms with van der Waals surface area (Å²) in [6.45, 7) is 1.02. The van der Waals surface area contributed by atoms with Crippen molar-refractivity contribution in [2.75, 3.05) is 13.7 Å². The van der Waals surface area contributed by atoms with Crippen molar-refractivity contribution in [3.8, 4) is 11.5 Å². The third-order valence-electron chi connectivity index (χ3n) is 3.08. The minimum atomic E-state index is 0.433. The van der Waals surface area contributed by atoms with Gasteiger partial charge in [-0.15, -0.1) is 0 Å². The van der Waals surface area contributed by atoms with Crippen LogP contribution in [-0.4, -0.2) is 13.7 Å². The van der Waals surface area contributed by atoms with Crippen molar-refractivity contribution in [3.63, 3.8) is 0 Å². The second-order valence-electron chi connectivity index (χ2n) is 4.51. The second kappa shape index (κ2) is 7.82. The molecule has 2 aromatic rings. The van der Waals surface area contributed by atoms with Gasteiger partial charge in [0.1, 0.15) is 18.1 Å². The van der Waals surface area contributed by atoms with E-state index in [-0.39, 0.29) is 0 Å². The van der Waals surface area contributed by atoms with Crippen LogP contribution in [0.1, 0.15) is 11.1 Å². The van der Waals surface area contributed by atoms with Crippen LogP contribution in [0, 0.1) is 0 Å². The Labute approximate surface area is 141 Å². The number of para-hydroxylation sites is 1. The number of benzene rings is 2. The topological polar surface area (TPSA) is 44.5 Å². The highest BCUT2D eigenvalue weighted by Crippen LogP contribution is 2.31. The molecule has 0 spiro atoms. The van der Waals surface area contributed by atoms with Gasteiger partial charge in [0.15, 0.2) is 0 Å². The lowest BCUT2D eigenvalue weighted by Crippen LogP contribution is -2.06. The Bertz CT molecular complexity index is 617. The van der Waals surface area contributed by atoms with Crippen LogP contribution < -0.4 is 15.2 Å². The van der Waals surface area contributed by atoms with Crippen LogP contribution in [0.3, 0.4) is 0 Å². The predicted molar refractivity (Wildman–Crippen MR) is 91.9 cm³/mol. The Morgan fingerprint density at radius 1 is 1.10 bits per heavy atom. The quantitative estimate of drug-likeness (QED) is 0.766. The summed E-state index contributed by atoms with van der Waals surface area (Å²) >= 11 is 7.00. The zero-order valence-electron chi connectivity index (χ0n) is 11.7. The van der Waals surface area contributed by atoms with E-state index in [1.54, 1.807) is 7.11 Å². The highest BCUT2D eigenvalue weighted by molar-refractivity contribution is 9.10. The number of nitrogens with two attached hydrogens (primary N) is 1. The molecule has 0 unspecified atom stereocenters. The molecular formula is C16H17Br2NO2. The molecule has 2 aromatic carbocycles. The van der Waals surface area contributed by atoms with Gasteiger partial charge in [-0.2, -0.15) is 0 Å². The Kier molecular flexibility index (Phi) is 6.08. The first-order valence-corrected chi connectivity index (χ1v) is 8.17. The maximum absolute atomic E-state index is 6.00. The van der Waals surface area contributed by atoms with Gasteiger partial charge in [-0.25, -0.2) is 0 Å². The van der Waals surface area contributed by atoms with E-state index in [1.807, 2.05) is 36.4 Å². The van der Waals surface area contributed by atoms with Crippen molar-refractivity contribution in [1.82, 2.24) is 0 Å². The first kappa shape index (κ1) is 16.3. The first-order chi connectivity index (χ1) is 10.2. The lowest BCUT2D eigenvalue weighted by molar-refractivity contribution is 0.292. The van der Waals surface area contributed by atoms with Gasteiger partial charge in [-0.05, 0) is 58.7 Å². The molecule has 5 heteroatoms. The SMILES string of the molecule is COc1ccc(Br)cc1COc1c(Br)cccc1CCN. The Balaban J connectivity index is 2.22. The fourth-order valence-electron chi connectivity index (χ4n) is 2.08. The van der Waals surface area contributed by atoms with E-state index in [2.05, 4.69) is 31.9 Å². The molecule has 0 amide bonds. The minimum absolute atomic E-state index is 0.433. The van der Waals surface area contributed by atoms with Crippen molar-refractivity contribution < 1.29 is 9.47 Å². The van der Waals surface area contributed by atoms with Gasteiger partial charge in [0, 0.05) is 10.0 Å². The van der Waals surface area contributed by atoms with Crippen LogP contribution in [0.15, 0.2) is 45.3 Å². The Morgan fingerprint density at radius 2 is 1.90 bits per heavy atom. The van der Waals surface area contributed by atoms with E-state index in [4.69, 9.17) is 15.2 Å². The zero-order chi connectivity index (χ0) is 15.2. The summed E-state index contributed by atoms with van der Waals surface area (Å²) < 4.78 is 13.3. The number of methoxy groups -OCH3 is 1. The molecule has 0 aliphatic carbocycles. The molecule has 0 aliphatic heterocycles. The van der Waals surface area contributed by atoms with Gasteiger partial charge in [0.25, 0.3) is 0 Å². The second-order valence-corrected chi connectivity index (χ2v) is 6.28. The molecule has 0 fully saturated rings. The molecule has 0 aromatic heterocycles. The number of hydrogen-bond donors (Lipinski definition) is 1. The van der Waals surface area contributed by atoms with E-state index in [1.165, 1.54) is 0 Å². The number of rotatable bonds is 6. The third kappa shape index (κ3) is 4.22. The lowest BCUT2D eigenvalue weighted by atomic mass is 10.1. The number of halogens is 2. The zero-order valence-corrected chi connectivity index (χ0v) is 14.9. The molecule has 2 N–H and O–H groups in total. The molecule has 3 nitrogen and oxygen atoms in total. The molecule has 0 atom stereocenters. The molecule has 0 saturated carbocycles. The van der Waals surface area contributed by atoms with Gasteiger partial charge in [-0.1, -0.05) is 28.1 Å². The van der Waals surface area contributed by atoms with Crippen molar-refractivity contribution in [2.24, 2.45) is 5.73 Å². The van der Waals surface area contributed by atoms with Crippen LogP contribution >= 0.6 is 31.9 Å². The van der Waals surface area contributed by atoms with E-state index >= 15 is 0 Å². The van der Waals surface area contributed by atoms with Crippen LogP contribution in [0.4, 0.5) is 0 Å². The minimum Gasteiger partial charge on any atom is -0.496 e. The van der Waals surface area contributed by atoms with Crippen LogP contribution in [0.25, 0.3) is 0 Å². The van der Waals surface area contributed by atoms with Crippen molar-refractivity contribution in [2.45, 2.75) is 13.0 Å². The van der Waals surface area contributed by atoms with Crippen molar-refractivity contribution >= 4 is 31.9 Å². The molecule has 2 rings (SSSR count). The fraction of sp³-hybridized carbons (Fsp3) is 0.250. The van der Waals surface area contributed by atoms with Gasteiger partial charge in [0.05, 0.1) is 11.6 Å². The lowest BCUT2D eigenvalue weighted by Gasteiger charge is -2.15. The van der Waals surface area contributed by atoms with Crippen molar-refractivity contribution in [1.29, 1.82) is 0 Å². The largest absolute Gasteiger partial charge is 0.496 e. The van der Waals surface area contributed by atoms with Gasteiger partial charge < -0.3 is 15.2 Å². The van der Waals surface area contributed by atoms with Crippen molar-refractivity contribution in [3.05, 3.63) is 56.5 Å². The maximum Gasteiger partial charge on any atom is 0.137 e. The molecular weight excluding hydrogens is 398 g/mol. The highest BCUT2D eigenvalue weighted by atomic mass is 79.9. The van der Waals surface area contributed by atoms with Crippen LogP contribution in [0.5, 0.6) is 11.5 Å². The maximum atomic E-state index is 6.00. The molecule has 0 aliphatic rings. The standard InChI is InChI=1S/C16H17Br2NO2/c1-20-15-6-5-13(17)9-12(15)10-21-16-11(7-8-19)3-2-4-14(16)18/h2-6,9H,7-8,10,19H2,1H3. The molecule has 0 bridgehead atoms. The van der Waals surface area contributed by atoms with Crippen LogP contribution in [-0.2, 0) is 13.0 Å². The van der Waals surface area contributed by atoms with Gasteiger partial charge >= 0.3 is 0 Å². The van der Waals surface area contributed by atoms with Crippen LogP contribution in [0.2, 0.25) is 0 Å². The molecule has 0 heterocycles. The Hall–Kier alpha value is -1.04. The average Bonchev–Trinajstić information content (AvgIpc) is 2.47. The predicted octanol–water partition coefficient (Wildman–Crippen LogP) is 4.30. The fourth-order valence-corrected chi connectivity index (χ4v) is 3.01. The molecule has 0 radical (unpaired) electrons. The summed E-state index contributed by atoms with van der Waals surface area (Å²) in [5.41, 5.74) is 7.74. The molecule has 21 heavy (non-hydrogen) atoms. The monoisotopic (exact) mass is 413 g/mol. The average molecular weight is 415 g/mol. The number of ether oxygens (including phenoxy) is 2. The highest BCUT2D eigenvalue weighted by Gasteiger charge is 2.10. The number of hydrogen-bond acceptors (Lipinski definition) is 3. The van der Waals surface area contributed by atoms with E-state index in [9.17, 15) is 0 Å².